The van der Waals surface area contributed by atoms with Gasteiger partial charge in [-0.25, -0.2) is 4.37 Å². The molecule has 3 heteroatoms. The quantitative estimate of drug-likeness (QED) is 0.730. The standard InChI is InChI=1S/C8H10BrNS/c9-6-8(2-3-8)5-7-1-4-10-11-7/h1,4H,2-3,5-6H2. The van der Waals surface area contributed by atoms with Crippen molar-refractivity contribution in [2.75, 3.05) is 5.33 Å². The molecule has 0 bridgehead atoms. The highest BCUT2D eigenvalue weighted by molar-refractivity contribution is 9.09. The van der Waals surface area contributed by atoms with Crippen LogP contribution in [0.15, 0.2) is 12.3 Å². The molecule has 0 aromatic carbocycles. The maximum Gasteiger partial charge on any atom is 0.0409 e. The molecule has 2 rings (SSSR count). The van der Waals surface area contributed by atoms with Crippen molar-refractivity contribution in [3.63, 3.8) is 0 Å². The zero-order valence-corrected chi connectivity index (χ0v) is 8.62. The molecule has 60 valence electrons. The van der Waals surface area contributed by atoms with Crippen LogP contribution in [0.1, 0.15) is 17.7 Å². The molecule has 1 saturated carbocycles. The third-order valence-electron chi connectivity index (χ3n) is 2.28. The summed E-state index contributed by atoms with van der Waals surface area (Å²) < 4.78 is 4.09. The third kappa shape index (κ3) is 1.64. The summed E-state index contributed by atoms with van der Waals surface area (Å²) in [6.07, 6.45) is 5.89. The molecule has 1 aliphatic carbocycles. The number of nitrogens with zero attached hydrogens (tertiary/aromatic N) is 1. The summed E-state index contributed by atoms with van der Waals surface area (Å²) in [5.41, 5.74) is 0.604. The Balaban J connectivity index is 2.01. The molecule has 0 spiro atoms. The van der Waals surface area contributed by atoms with Gasteiger partial charge in [0.15, 0.2) is 0 Å². The van der Waals surface area contributed by atoms with E-state index in [0.29, 0.717) is 5.41 Å². The second-order valence-corrected chi connectivity index (χ2v) is 4.77. The van der Waals surface area contributed by atoms with Gasteiger partial charge < -0.3 is 0 Å². The predicted octanol–water partition coefficient (Wildman–Crippen LogP) is 2.86. The lowest BCUT2D eigenvalue weighted by Gasteiger charge is -2.07. The predicted molar refractivity (Wildman–Crippen MR) is 51.3 cm³/mol. The Bertz CT molecular complexity index is 228. The van der Waals surface area contributed by atoms with E-state index >= 15 is 0 Å². The van der Waals surface area contributed by atoms with Gasteiger partial charge in [-0.2, -0.15) is 0 Å². The van der Waals surface area contributed by atoms with E-state index in [1.807, 2.05) is 6.20 Å². The fourth-order valence-corrected chi connectivity index (χ4v) is 2.75. The molecule has 0 unspecified atom stereocenters. The van der Waals surface area contributed by atoms with Gasteiger partial charge in [-0.05, 0) is 42.3 Å². The van der Waals surface area contributed by atoms with Crippen LogP contribution in [0.3, 0.4) is 0 Å². The number of halogens is 1. The summed E-state index contributed by atoms with van der Waals surface area (Å²) in [7, 11) is 0. The number of hydrogen-bond acceptors (Lipinski definition) is 2. The first kappa shape index (κ1) is 7.74. The molecular weight excluding hydrogens is 222 g/mol. The fraction of sp³-hybridized carbons (Fsp3) is 0.625. The number of rotatable bonds is 3. The maximum absolute atomic E-state index is 4.09. The van der Waals surface area contributed by atoms with E-state index in [-0.39, 0.29) is 0 Å². The van der Waals surface area contributed by atoms with Crippen molar-refractivity contribution in [3.05, 3.63) is 17.1 Å². The number of alkyl halides is 1. The molecular formula is C8H10BrNS. The highest BCUT2D eigenvalue weighted by Gasteiger charge is 2.41. The van der Waals surface area contributed by atoms with E-state index < -0.39 is 0 Å². The Labute approximate surface area is 79.1 Å². The van der Waals surface area contributed by atoms with Crippen LogP contribution in [-0.4, -0.2) is 9.70 Å². The van der Waals surface area contributed by atoms with Gasteiger partial charge in [0, 0.05) is 16.4 Å². The van der Waals surface area contributed by atoms with Crippen molar-refractivity contribution < 1.29 is 0 Å². The van der Waals surface area contributed by atoms with Crippen LogP contribution in [0.4, 0.5) is 0 Å². The van der Waals surface area contributed by atoms with Crippen LogP contribution in [0.25, 0.3) is 0 Å². The smallest absolute Gasteiger partial charge is 0.0409 e. The average Bonchev–Trinajstić information content (AvgIpc) is 2.59. The van der Waals surface area contributed by atoms with Crippen LogP contribution in [-0.2, 0) is 6.42 Å². The van der Waals surface area contributed by atoms with Crippen molar-refractivity contribution in [1.29, 1.82) is 0 Å². The molecule has 0 radical (unpaired) electrons. The summed E-state index contributed by atoms with van der Waals surface area (Å²) in [6.45, 7) is 0. The van der Waals surface area contributed by atoms with Gasteiger partial charge in [0.1, 0.15) is 0 Å². The molecule has 1 nitrogen and oxygen atoms in total. The van der Waals surface area contributed by atoms with E-state index in [4.69, 9.17) is 0 Å². The monoisotopic (exact) mass is 231 g/mol. The van der Waals surface area contributed by atoms with Gasteiger partial charge in [0.2, 0.25) is 0 Å². The Kier molecular flexibility index (Phi) is 2.02. The van der Waals surface area contributed by atoms with Crippen molar-refractivity contribution in [2.45, 2.75) is 19.3 Å². The first-order valence-electron chi connectivity index (χ1n) is 3.80. The number of hydrogen-bond donors (Lipinski definition) is 0. The van der Waals surface area contributed by atoms with Crippen LogP contribution >= 0.6 is 27.5 Å². The topological polar surface area (TPSA) is 12.9 Å². The fourth-order valence-electron chi connectivity index (χ4n) is 1.24. The lowest BCUT2D eigenvalue weighted by Crippen LogP contribution is -2.04. The third-order valence-corrected chi connectivity index (χ3v) is 4.21. The Morgan fingerprint density at radius 1 is 1.64 bits per heavy atom. The average molecular weight is 232 g/mol. The summed E-state index contributed by atoms with van der Waals surface area (Å²) in [6, 6.07) is 2.13. The lowest BCUT2D eigenvalue weighted by atomic mass is 10.1. The molecule has 0 aliphatic heterocycles. The molecule has 1 aliphatic rings. The molecule has 0 saturated heterocycles. The minimum atomic E-state index is 0.604. The van der Waals surface area contributed by atoms with Gasteiger partial charge in [-0.3, -0.25) is 0 Å². The summed E-state index contributed by atoms with van der Waals surface area (Å²) in [5, 5.41) is 1.15. The molecule has 1 heterocycles. The van der Waals surface area contributed by atoms with Crippen LogP contribution in [0.5, 0.6) is 0 Å². The largest absolute Gasteiger partial charge is 0.201 e. The Hall–Kier alpha value is 0.110. The molecule has 0 amide bonds. The van der Waals surface area contributed by atoms with E-state index in [1.165, 1.54) is 24.1 Å². The summed E-state index contributed by atoms with van der Waals surface area (Å²) in [5.74, 6) is 0. The second kappa shape index (κ2) is 2.87. The minimum Gasteiger partial charge on any atom is -0.201 e. The molecule has 0 N–H and O–H groups in total. The second-order valence-electron chi connectivity index (χ2n) is 3.29. The lowest BCUT2D eigenvalue weighted by molar-refractivity contribution is 0.592. The van der Waals surface area contributed by atoms with Crippen LogP contribution in [0.2, 0.25) is 0 Å². The zero-order valence-electron chi connectivity index (χ0n) is 6.22. The number of aromatic nitrogens is 1. The summed E-state index contributed by atoms with van der Waals surface area (Å²) in [4.78, 5) is 1.43. The van der Waals surface area contributed by atoms with Crippen molar-refractivity contribution in [3.8, 4) is 0 Å². The van der Waals surface area contributed by atoms with Gasteiger partial charge >= 0.3 is 0 Å². The molecule has 1 fully saturated rings. The SMILES string of the molecule is BrCC1(Cc2ccns2)CC1. The highest BCUT2D eigenvalue weighted by Crippen LogP contribution is 2.49. The van der Waals surface area contributed by atoms with Crippen molar-refractivity contribution in [1.82, 2.24) is 4.37 Å². The van der Waals surface area contributed by atoms with Gasteiger partial charge in [0.05, 0.1) is 0 Å². The van der Waals surface area contributed by atoms with E-state index in [1.54, 1.807) is 11.5 Å². The Morgan fingerprint density at radius 3 is 2.91 bits per heavy atom. The van der Waals surface area contributed by atoms with Crippen molar-refractivity contribution in [2.24, 2.45) is 5.41 Å². The van der Waals surface area contributed by atoms with Gasteiger partial charge in [0.25, 0.3) is 0 Å². The van der Waals surface area contributed by atoms with E-state index in [0.717, 1.165) is 5.33 Å². The van der Waals surface area contributed by atoms with Crippen molar-refractivity contribution >= 4 is 27.5 Å². The molecule has 1 aromatic rings. The van der Waals surface area contributed by atoms with Gasteiger partial charge in [-0.15, -0.1) is 0 Å². The Morgan fingerprint density at radius 2 is 2.45 bits per heavy atom. The highest BCUT2D eigenvalue weighted by atomic mass is 79.9. The zero-order chi connectivity index (χ0) is 7.73. The molecule has 0 atom stereocenters. The minimum absolute atomic E-state index is 0.604. The van der Waals surface area contributed by atoms with Gasteiger partial charge in [-0.1, -0.05) is 15.9 Å². The normalized spacial score (nSPS) is 20.1. The first-order valence-corrected chi connectivity index (χ1v) is 5.70. The molecule has 1 aromatic heterocycles. The maximum atomic E-state index is 4.09. The summed E-state index contributed by atoms with van der Waals surface area (Å²) >= 11 is 5.20. The van der Waals surface area contributed by atoms with E-state index in [9.17, 15) is 0 Å². The molecule has 11 heavy (non-hydrogen) atoms. The van der Waals surface area contributed by atoms with Crippen LogP contribution in [0, 0.1) is 5.41 Å². The first-order chi connectivity index (χ1) is 5.35. The van der Waals surface area contributed by atoms with Crippen LogP contribution < -0.4 is 0 Å². The van der Waals surface area contributed by atoms with E-state index in [2.05, 4.69) is 26.4 Å².